The van der Waals surface area contributed by atoms with E-state index >= 15 is 0 Å². The van der Waals surface area contributed by atoms with Gasteiger partial charge >= 0.3 is 0 Å². The Bertz CT molecular complexity index is 707. The first-order valence-corrected chi connectivity index (χ1v) is 7.27. The second kappa shape index (κ2) is 5.71. The summed E-state index contributed by atoms with van der Waals surface area (Å²) in [7, 11) is 0. The Kier molecular flexibility index (Phi) is 3.75. The zero-order valence-corrected chi connectivity index (χ0v) is 12.9. The summed E-state index contributed by atoms with van der Waals surface area (Å²) >= 11 is 0. The van der Waals surface area contributed by atoms with E-state index in [-0.39, 0.29) is 25.2 Å². The first-order chi connectivity index (χ1) is 10.5. The van der Waals surface area contributed by atoms with E-state index in [0.29, 0.717) is 11.6 Å². The van der Waals surface area contributed by atoms with Crippen LogP contribution in [-0.4, -0.2) is 22.5 Å². The van der Waals surface area contributed by atoms with Crippen LogP contribution in [0.2, 0.25) is 0 Å². The molecule has 1 amide bonds. The normalized spacial score (nSPS) is 12.7. The second-order valence-corrected chi connectivity index (χ2v) is 5.62. The van der Waals surface area contributed by atoms with Gasteiger partial charge in [0, 0.05) is 17.8 Å². The molecule has 0 fully saturated rings. The van der Waals surface area contributed by atoms with E-state index < -0.39 is 0 Å². The molecule has 0 radical (unpaired) electrons. The number of aromatic nitrogens is 2. The van der Waals surface area contributed by atoms with E-state index in [2.05, 4.69) is 24.3 Å². The molecular weight excluding hydrogens is 282 g/mol. The Morgan fingerprint density at radius 2 is 2.09 bits per heavy atom. The highest BCUT2D eigenvalue weighted by molar-refractivity contribution is 5.91. The number of carbonyl (C=O) groups is 1. The quantitative estimate of drug-likeness (QED) is 0.943. The monoisotopic (exact) mass is 301 g/mol. The molecule has 0 unspecified atom stereocenters. The highest BCUT2D eigenvalue weighted by Gasteiger charge is 2.15. The van der Waals surface area contributed by atoms with Gasteiger partial charge in [0.2, 0.25) is 12.7 Å². The van der Waals surface area contributed by atoms with Gasteiger partial charge in [-0.3, -0.25) is 9.48 Å². The summed E-state index contributed by atoms with van der Waals surface area (Å²) in [5, 5.41) is 7.22. The molecule has 22 heavy (non-hydrogen) atoms. The van der Waals surface area contributed by atoms with Gasteiger partial charge in [-0.1, -0.05) is 6.07 Å². The minimum atomic E-state index is -0.104. The molecule has 2 aromatic rings. The van der Waals surface area contributed by atoms with Crippen LogP contribution in [0.15, 0.2) is 24.3 Å². The number of hydrogen-bond acceptors (Lipinski definition) is 4. The summed E-state index contributed by atoms with van der Waals surface area (Å²) in [6.45, 7) is 6.31. The van der Waals surface area contributed by atoms with Crippen molar-refractivity contribution in [2.45, 2.75) is 33.2 Å². The standard InChI is InChI=1S/C16H19N3O3/c1-10(2)19-11(3)6-15(18-19)17-16(20)8-12-4-5-13-14(7-12)22-9-21-13/h4-7,10H,8-9H2,1-3H3,(H,17,18,20). The molecule has 0 saturated carbocycles. The van der Waals surface area contributed by atoms with Crippen molar-refractivity contribution in [2.24, 2.45) is 0 Å². The van der Waals surface area contributed by atoms with Gasteiger partial charge in [0.05, 0.1) is 6.42 Å². The number of fused-ring (bicyclic) bond motifs is 1. The van der Waals surface area contributed by atoms with E-state index in [9.17, 15) is 4.79 Å². The maximum atomic E-state index is 12.1. The highest BCUT2D eigenvalue weighted by Crippen LogP contribution is 2.32. The van der Waals surface area contributed by atoms with Gasteiger partial charge in [-0.15, -0.1) is 0 Å². The molecule has 0 saturated heterocycles. The molecule has 3 rings (SSSR count). The molecule has 0 bridgehead atoms. The molecule has 0 spiro atoms. The molecule has 2 heterocycles. The molecule has 1 aromatic carbocycles. The van der Waals surface area contributed by atoms with Crippen molar-refractivity contribution in [1.82, 2.24) is 9.78 Å². The molecule has 116 valence electrons. The van der Waals surface area contributed by atoms with Crippen molar-refractivity contribution >= 4 is 11.7 Å². The number of nitrogens with zero attached hydrogens (tertiary/aromatic N) is 2. The van der Waals surface area contributed by atoms with Crippen molar-refractivity contribution in [1.29, 1.82) is 0 Å². The number of anilines is 1. The number of rotatable bonds is 4. The van der Waals surface area contributed by atoms with Crippen LogP contribution in [0, 0.1) is 6.92 Å². The fourth-order valence-corrected chi connectivity index (χ4v) is 2.49. The van der Waals surface area contributed by atoms with E-state index in [4.69, 9.17) is 9.47 Å². The summed E-state index contributed by atoms with van der Waals surface area (Å²) in [5.74, 6) is 1.88. The molecule has 6 nitrogen and oxygen atoms in total. The Morgan fingerprint density at radius 3 is 2.82 bits per heavy atom. The Hall–Kier alpha value is -2.50. The summed E-state index contributed by atoms with van der Waals surface area (Å²) in [5.41, 5.74) is 1.90. The van der Waals surface area contributed by atoms with Crippen LogP contribution in [0.5, 0.6) is 11.5 Å². The van der Waals surface area contributed by atoms with Gasteiger partial charge in [-0.05, 0) is 38.5 Å². The minimum Gasteiger partial charge on any atom is -0.454 e. The molecule has 0 atom stereocenters. The van der Waals surface area contributed by atoms with Gasteiger partial charge in [-0.2, -0.15) is 5.10 Å². The van der Waals surface area contributed by atoms with E-state index in [0.717, 1.165) is 17.0 Å². The van der Waals surface area contributed by atoms with Crippen molar-refractivity contribution < 1.29 is 14.3 Å². The first kappa shape index (κ1) is 14.4. The zero-order valence-electron chi connectivity index (χ0n) is 12.9. The SMILES string of the molecule is Cc1cc(NC(=O)Cc2ccc3c(c2)OCO3)nn1C(C)C. The van der Waals surface area contributed by atoms with Gasteiger partial charge in [0.1, 0.15) is 0 Å². The maximum Gasteiger partial charge on any atom is 0.231 e. The summed E-state index contributed by atoms with van der Waals surface area (Å²) in [4.78, 5) is 12.1. The Labute approximate surface area is 129 Å². The van der Waals surface area contributed by atoms with Gasteiger partial charge < -0.3 is 14.8 Å². The van der Waals surface area contributed by atoms with Gasteiger partial charge in [0.25, 0.3) is 0 Å². The molecule has 0 aliphatic carbocycles. The van der Waals surface area contributed by atoms with Gasteiger partial charge in [-0.25, -0.2) is 0 Å². The smallest absolute Gasteiger partial charge is 0.231 e. The number of hydrogen-bond donors (Lipinski definition) is 1. The van der Waals surface area contributed by atoms with Crippen molar-refractivity contribution in [2.75, 3.05) is 12.1 Å². The fourth-order valence-electron chi connectivity index (χ4n) is 2.49. The van der Waals surface area contributed by atoms with Crippen molar-refractivity contribution in [3.05, 3.63) is 35.5 Å². The topological polar surface area (TPSA) is 65.4 Å². The number of carbonyl (C=O) groups excluding carboxylic acids is 1. The Balaban J connectivity index is 1.66. The van der Waals surface area contributed by atoms with Crippen LogP contribution in [0.1, 0.15) is 31.1 Å². The fraction of sp³-hybridized carbons (Fsp3) is 0.375. The number of amides is 1. The van der Waals surface area contributed by atoms with Crippen molar-refractivity contribution in [3.63, 3.8) is 0 Å². The molecule has 1 aromatic heterocycles. The summed E-state index contributed by atoms with van der Waals surface area (Å²) in [6, 6.07) is 7.66. The Morgan fingerprint density at radius 1 is 1.32 bits per heavy atom. The van der Waals surface area contributed by atoms with Gasteiger partial charge in [0.15, 0.2) is 17.3 Å². The van der Waals surface area contributed by atoms with Crippen LogP contribution in [0.25, 0.3) is 0 Å². The number of ether oxygens (including phenoxy) is 2. The lowest BCUT2D eigenvalue weighted by atomic mass is 10.1. The van der Waals surface area contributed by atoms with Crippen molar-refractivity contribution in [3.8, 4) is 11.5 Å². The lowest BCUT2D eigenvalue weighted by Gasteiger charge is -2.07. The molecular formula is C16H19N3O3. The molecule has 6 heteroatoms. The third kappa shape index (κ3) is 2.90. The first-order valence-electron chi connectivity index (χ1n) is 7.27. The predicted molar refractivity (Wildman–Crippen MR) is 82.2 cm³/mol. The van der Waals surface area contributed by atoms with Crippen LogP contribution in [0.4, 0.5) is 5.82 Å². The van der Waals surface area contributed by atoms with E-state index in [1.54, 1.807) is 0 Å². The highest BCUT2D eigenvalue weighted by atomic mass is 16.7. The zero-order chi connectivity index (χ0) is 15.7. The summed E-state index contributed by atoms with van der Waals surface area (Å²) < 4.78 is 12.5. The van der Waals surface area contributed by atoms with Crippen LogP contribution >= 0.6 is 0 Å². The lowest BCUT2D eigenvalue weighted by molar-refractivity contribution is -0.115. The largest absolute Gasteiger partial charge is 0.454 e. The number of aryl methyl sites for hydroxylation is 1. The average molecular weight is 301 g/mol. The summed E-state index contributed by atoms with van der Waals surface area (Å²) in [6.07, 6.45) is 0.268. The van der Waals surface area contributed by atoms with Crippen LogP contribution < -0.4 is 14.8 Å². The van der Waals surface area contributed by atoms with Crippen LogP contribution in [-0.2, 0) is 11.2 Å². The molecule has 1 aliphatic heterocycles. The van der Waals surface area contributed by atoms with E-state index in [1.807, 2.05) is 35.9 Å². The maximum absolute atomic E-state index is 12.1. The second-order valence-electron chi connectivity index (χ2n) is 5.62. The number of benzene rings is 1. The molecule has 1 aliphatic rings. The lowest BCUT2D eigenvalue weighted by Crippen LogP contribution is -2.15. The third-order valence-electron chi connectivity index (χ3n) is 3.48. The van der Waals surface area contributed by atoms with E-state index in [1.165, 1.54) is 0 Å². The predicted octanol–water partition coefficient (Wildman–Crippen LogP) is 2.68. The minimum absolute atomic E-state index is 0.104. The van der Waals surface area contributed by atoms with Crippen LogP contribution in [0.3, 0.4) is 0 Å². The average Bonchev–Trinajstić information content (AvgIpc) is 3.04. The number of nitrogens with one attached hydrogen (secondary N) is 1. The molecule has 1 N–H and O–H groups in total. The third-order valence-corrected chi connectivity index (χ3v) is 3.48.